The van der Waals surface area contributed by atoms with Gasteiger partial charge in [-0.15, -0.1) is 0 Å². The van der Waals surface area contributed by atoms with Gasteiger partial charge < -0.3 is 9.97 Å². The smallest absolute Gasteiger partial charge is 0.256 e. The molecular formula is C17H18N4OS. The quantitative estimate of drug-likeness (QED) is 0.634. The minimum absolute atomic E-state index is 0.0665. The zero-order valence-electron chi connectivity index (χ0n) is 12.9. The van der Waals surface area contributed by atoms with Crippen LogP contribution in [0.4, 0.5) is 0 Å². The van der Waals surface area contributed by atoms with Gasteiger partial charge in [-0.1, -0.05) is 18.2 Å². The van der Waals surface area contributed by atoms with E-state index in [2.05, 4.69) is 51.2 Å². The molecule has 0 fully saturated rings. The van der Waals surface area contributed by atoms with Gasteiger partial charge in [0, 0.05) is 48.8 Å². The highest BCUT2D eigenvalue weighted by Crippen LogP contribution is 2.24. The van der Waals surface area contributed by atoms with Gasteiger partial charge in [0.2, 0.25) is 0 Å². The van der Waals surface area contributed by atoms with Crippen LogP contribution in [-0.2, 0) is 19.5 Å². The fraction of sp³-hybridized carbons (Fsp3) is 0.294. The van der Waals surface area contributed by atoms with Crippen LogP contribution in [0.15, 0.2) is 29.2 Å². The Balaban J connectivity index is 1.64. The van der Waals surface area contributed by atoms with E-state index in [4.69, 9.17) is 12.2 Å². The SMILES string of the molecule is Cc1cccc2c(CN3CCc4[nH]c(=S)[nH]c(=O)c4C3)c[nH]c12. The molecule has 0 bridgehead atoms. The highest BCUT2D eigenvalue weighted by molar-refractivity contribution is 7.71. The van der Waals surface area contributed by atoms with Crippen LogP contribution in [0.25, 0.3) is 10.9 Å². The zero-order valence-corrected chi connectivity index (χ0v) is 13.7. The number of nitrogens with zero attached hydrogens (tertiary/aromatic N) is 1. The minimum Gasteiger partial charge on any atom is -0.361 e. The van der Waals surface area contributed by atoms with Crippen LogP contribution in [0.5, 0.6) is 0 Å². The summed E-state index contributed by atoms with van der Waals surface area (Å²) in [5.74, 6) is 0. The Kier molecular flexibility index (Phi) is 3.43. The van der Waals surface area contributed by atoms with Crippen molar-refractivity contribution in [1.29, 1.82) is 0 Å². The van der Waals surface area contributed by atoms with Crippen molar-refractivity contribution in [3.63, 3.8) is 0 Å². The van der Waals surface area contributed by atoms with Gasteiger partial charge in [0.1, 0.15) is 0 Å². The van der Waals surface area contributed by atoms with E-state index in [1.165, 1.54) is 22.0 Å². The number of para-hydroxylation sites is 1. The molecule has 2 aromatic heterocycles. The Morgan fingerprint density at radius 2 is 2.17 bits per heavy atom. The van der Waals surface area contributed by atoms with Crippen molar-refractivity contribution in [3.8, 4) is 0 Å². The van der Waals surface area contributed by atoms with Crippen LogP contribution in [0.1, 0.15) is 22.4 Å². The summed E-state index contributed by atoms with van der Waals surface area (Å²) in [6.07, 6.45) is 2.90. The third-order valence-corrected chi connectivity index (χ3v) is 4.80. The molecule has 23 heavy (non-hydrogen) atoms. The topological polar surface area (TPSA) is 67.7 Å². The van der Waals surface area contributed by atoms with E-state index in [1.807, 2.05) is 0 Å². The fourth-order valence-electron chi connectivity index (χ4n) is 3.38. The number of rotatable bonds is 2. The molecule has 1 aliphatic rings. The van der Waals surface area contributed by atoms with Gasteiger partial charge in [-0.05, 0) is 30.3 Å². The van der Waals surface area contributed by atoms with E-state index < -0.39 is 0 Å². The predicted molar refractivity (Wildman–Crippen MR) is 93.1 cm³/mol. The third kappa shape index (κ3) is 2.54. The van der Waals surface area contributed by atoms with Gasteiger partial charge in [0.25, 0.3) is 5.56 Å². The molecule has 5 nitrogen and oxygen atoms in total. The lowest BCUT2D eigenvalue weighted by Crippen LogP contribution is -2.35. The number of aryl methyl sites for hydroxylation is 1. The summed E-state index contributed by atoms with van der Waals surface area (Å²) < 4.78 is 0.411. The van der Waals surface area contributed by atoms with Gasteiger partial charge >= 0.3 is 0 Å². The Labute approximate surface area is 138 Å². The highest BCUT2D eigenvalue weighted by Gasteiger charge is 2.20. The maximum absolute atomic E-state index is 12.1. The van der Waals surface area contributed by atoms with Crippen molar-refractivity contribution in [2.75, 3.05) is 6.54 Å². The Morgan fingerprint density at radius 3 is 3.04 bits per heavy atom. The number of hydrogen-bond donors (Lipinski definition) is 3. The molecule has 0 atom stereocenters. The lowest BCUT2D eigenvalue weighted by molar-refractivity contribution is 0.242. The monoisotopic (exact) mass is 326 g/mol. The lowest BCUT2D eigenvalue weighted by atomic mass is 10.1. The maximum Gasteiger partial charge on any atom is 0.256 e. The van der Waals surface area contributed by atoms with Crippen molar-refractivity contribution in [2.24, 2.45) is 0 Å². The van der Waals surface area contributed by atoms with Crippen LogP contribution in [0.2, 0.25) is 0 Å². The number of nitrogens with one attached hydrogen (secondary N) is 3. The van der Waals surface area contributed by atoms with E-state index in [0.29, 0.717) is 11.3 Å². The molecule has 4 rings (SSSR count). The van der Waals surface area contributed by atoms with E-state index in [-0.39, 0.29) is 5.56 Å². The van der Waals surface area contributed by atoms with Crippen LogP contribution < -0.4 is 5.56 Å². The molecule has 0 saturated heterocycles. The van der Waals surface area contributed by atoms with Gasteiger partial charge in [-0.2, -0.15) is 0 Å². The van der Waals surface area contributed by atoms with Gasteiger partial charge in [-0.25, -0.2) is 0 Å². The summed E-state index contributed by atoms with van der Waals surface area (Å²) in [6.45, 7) is 4.51. The molecule has 0 aliphatic carbocycles. The molecule has 6 heteroatoms. The van der Waals surface area contributed by atoms with Crippen LogP contribution in [-0.4, -0.2) is 26.4 Å². The predicted octanol–water partition coefficient (Wildman–Crippen LogP) is 2.78. The summed E-state index contributed by atoms with van der Waals surface area (Å²) in [7, 11) is 0. The largest absolute Gasteiger partial charge is 0.361 e. The first-order valence-corrected chi connectivity index (χ1v) is 8.15. The molecule has 0 amide bonds. The zero-order chi connectivity index (χ0) is 16.0. The van der Waals surface area contributed by atoms with E-state index in [1.54, 1.807) is 0 Å². The molecule has 0 spiro atoms. The Morgan fingerprint density at radius 1 is 1.30 bits per heavy atom. The summed E-state index contributed by atoms with van der Waals surface area (Å²) in [5.41, 5.74) is 5.44. The number of fused-ring (bicyclic) bond motifs is 2. The second-order valence-electron chi connectivity index (χ2n) is 6.14. The summed E-state index contributed by atoms with van der Waals surface area (Å²) in [4.78, 5) is 23.6. The molecule has 1 aliphatic heterocycles. The first-order chi connectivity index (χ1) is 11.1. The summed E-state index contributed by atoms with van der Waals surface area (Å²) in [5, 5.41) is 1.26. The first-order valence-electron chi connectivity index (χ1n) is 7.74. The number of aromatic nitrogens is 3. The van der Waals surface area contributed by atoms with Gasteiger partial charge in [-0.3, -0.25) is 14.7 Å². The second kappa shape index (κ2) is 5.47. The van der Waals surface area contributed by atoms with Crippen molar-refractivity contribution >= 4 is 23.1 Å². The molecule has 0 unspecified atom stereocenters. The number of benzene rings is 1. The lowest BCUT2D eigenvalue weighted by Gasteiger charge is -2.27. The molecule has 1 aromatic carbocycles. The molecule has 3 N–H and O–H groups in total. The van der Waals surface area contributed by atoms with Crippen molar-refractivity contribution in [3.05, 3.63) is 61.9 Å². The Hall–Kier alpha value is -2.18. The summed E-state index contributed by atoms with van der Waals surface area (Å²) >= 11 is 5.04. The van der Waals surface area contributed by atoms with E-state index in [9.17, 15) is 4.79 Å². The van der Waals surface area contributed by atoms with Crippen molar-refractivity contribution < 1.29 is 0 Å². The third-order valence-electron chi connectivity index (χ3n) is 4.59. The standard InChI is InChI=1S/C17H18N4OS/c1-10-3-2-4-12-11(7-18-15(10)12)8-21-6-5-14-13(9-21)16(22)20-17(23)19-14/h2-4,7,18H,5-6,8-9H2,1H3,(H2,19,20,22,23). The molecule has 3 heterocycles. The van der Waals surface area contributed by atoms with Crippen LogP contribution in [0, 0.1) is 11.7 Å². The average Bonchev–Trinajstić information content (AvgIpc) is 2.92. The van der Waals surface area contributed by atoms with Crippen LogP contribution in [0.3, 0.4) is 0 Å². The molecule has 0 saturated carbocycles. The number of aromatic amines is 3. The summed E-state index contributed by atoms with van der Waals surface area (Å²) in [6, 6.07) is 6.35. The fourth-order valence-corrected chi connectivity index (χ4v) is 3.60. The maximum atomic E-state index is 12.1. The van der Waals surface area contributed by atoms with E-state index >= 15 is 0 Å². The van der Waals surface area contributed by atoms with Crippen LogP contribution >= 0.6 is 12.2 Å². The van der Waals surface area contributed by atoms with Gasteiger partial charge in [0.15, 0.2) is 4.77 Å². The number of hydrogen-bond acceptors (Lipinski definition) is 3. The normalized spacial score (nSPS) is 15.0. The Bertz CT molecular complexity index is 998. The molecular weight excluding hydrogens is 308 g/mol. The number of H-pyrrole nitrogens is 3. The highest BCUT2D eigenvalue weighted by atomic mass is 32.1. The van der Waals surface area contributed by atoms with Gasteiger partial charge in [0.05, 0.1) is 5.56 Å². The second-order valence-corrected chi connectivity index (χ2v) is 6.55. The van der Waals surface area contributed by atoms with Crippen molar-refractivity contribution in [2.45, 2.75) is 26.4 Å². The molecule has 3 aromatic rings. The molecule has 0 radical (unpaired) electrons. The first kappa shape index (κ1) is 14.4. The van der Waals surface area contributed by atoms with Crippen molar-refractivity contribution in [1.82, 2.24) is 19.9 Å². The average molecular weight is 326 g/mol. The minimum atomic E-state index is -0.0665. The molecule has 118 valence electrons. The van der Waals surface area contributed by atoms with E-state index in [0.717, 1.165) is 30.8 Å².